The van der Waals surface area contributed by atoms with Crippen LogP contribution in [0.4, 0.5) is 0 Å². The average molecular weight is 253 g/mol. The van der Waals surface area contributed by atoms with Crippen LogP contribution >= 0.6 is 0 Å². The van der Waals surface area contributed by atoms with E-state index >= 15 is 0 Å². The molecule has 2 aliphatic heterocycles. The van der Waals surface area contributed by atoms with Gasteiger partial charge in [0.1, 0.15) is 0 Å². The van der Waals surface area contributed by atoms with Gasteiger partial charge in [0, 0.05) is 0 Å². The molecule has 2 heterocycles. The van der Waals surface area contributed by atoms with Crippen LogP contribution in [-0.2, 0) is 0 Å². The molecule has 0 aromatic heterocycles. The van der Waals surface area contributed by atoms with Crippen molar-refractivity contribution < 1.29 is 21.5 Å². The van der Waals surface area contributed by atoms with E-state index in [2.05, 4.69) is 8.85 Å². The molecule has 10 heavy (non-hydrogen) atoms. The second kappa shape index (κ2) is 3.36. The summed E-state index contributed by atoms with van der Waals surface area (Å²) < 4.78 is 5.13. The Balaban J connectivity index is 1.93. The third kappa shape index (κ3) is 1.46. The maximum atomic E-state index is 3.67. The molecule has 0 bridgehead atoms. The van der Waals surface area contributed by atoms with Gasteiger partial charge in [-0.2, -0.15) is 0 Å². The Morgan fingerprint density at radius 2 is 2.20 bits per heavy atom. The standard InChI is InChI=1S/C7H14IN2/c1-2-7-6(9-5-1)3-4-8-10-7/h6-7,9-10H,1-5H2/q-1. The molecule has 3 heteroatoms. The fourth-order valence-corrected chi connectivity index (χ4v) is 4.32. The van der Waals surface area contributed by atoms with Gasteiger partial charge in [-0.25, -0.2) is 0 Å². The van der Waals surface area contributed by atoms with Crippen LogP contribution in [0, 0.1) is 0 Å². The molecule has 2 fully saturated rings. The summed E-state index contributed by atoms with van der Waals surface area (Å²) in [5, 5.41) is 3.58. The van der Waals surface area contributed by atoms with Gasteiger partial charge in [-0.15, -0.1) is 0 Å². The molecule has 0 aromatic carbocycles. The van der Waals surface area contributed by atoms with Crippen molar-refractivity contribution in [2.24, 2.45) is 0 Å². The molecule has 60 valence electrons. The second-order valence-corrected chi connectivity index (χ2v) is 5.49. The molecule has 2 unspecified atom stereocenters. The molecule has 2 rings (SSSR count). The van der Waals surface area contributed by atoms with Crippen LogP contribution in [0.3, 0.4) is 0 Å². The van der Waals surface area contributed by atoms with Crippen LogP contribution in [-0.4, -0.2) is 23.1 Å². The number of nitrogens with one attached hydrogen (secondary N) is 2. The summed E-state index contributed by atoms with van der Waals surface area (Å²) >= 11 is 0.379. The average Bonchev–Trinajstić information content (AvgIpc) is 2.05. The van der Waals surface area contributed by atoms with Crippen LogP contribution in [0.1, 0.15) is 19.3 Å². The van der Waals surface area contributed by atoms with Gasteiger partial charge in [0.2, 0.25) is 0 Å². The van der Waals surface area contributed by atoms with Crippen molar-refractivity contribution in [1.29, 1.82) is 0 Å². The first kappa shape index (κ1) is 7.31. The van der Waals surface area contributed by atoms with Crippen LogP contribution < -0.4 is 30.3 Å². The molecule has 2 nitrogen and oxygen atoms in total. The van der Waals surface area contributed by atoms with E-state index in [0.29, 0.717) is 21.5 Å². The summed E-state index contributed by atoms with van der Waals surface area (Å²) in [4.78, 5) is 0. The van der Waals surface area contributed by atoms with Gasteiger partial charge in [-0.3, -0.25) is 0 Å². The SMILES string of the molecule is C1CNC2CC[I-]NC2C1. The first-order chi connectivity index (χ1) is 4.97. The monoisotopic (exact) mass is 253 g/mol. The third-order valence-electron chi connectivity index (χ3n) is 2.32. The van der Waals surface area contributed by atoms with Gasteiger partial charge in [-0.1, -0.05) is 0 Å². The Bertz CT molecular complexity index is 92.2. The number of hydrogen-bond donors (Lipinski definition) is 2. The van der Waals surface area contributed by atoms with Gasteiger partial charge in [0.15, 0.2) is 0 Å². The second-order valence-electron chi connectivity index (χ2n) is 3.03. The number of piperidine rings is 1. The van der Waals surface area contributed by atoms with Crippen LogP contribution in [0.2, 0.25) is 0 Å². The molecular formula is C7H14IN2-. The van der Waals surface area contributed by atoms with Gasteiger partial charge < -0.3 is 0 Å². The van der Waals surface area contributed by atoms with Crippen molar-refractivity contribution in [3.05, 3.63) is 0 Å². The number of alkyl halides is 1. The van der Waals surface area contributed by atoms with E-state index in [9.17, 15) is 0 Å². The number of fused-ring (bicyclic) bond motifs is 1. The minimum atomic E-state index is 0.379. The number of rotatable bonds is 0. The van der Waals surface area contributed by atoms with Gasteiger partial charge in [-0.05, 0) is 0 Å². The third-order valence-corrected chi connectivity index (χ3v) is 4.72. The van der Waals surface area contributed by atoms with Crippen molar-refractivity contribution in [3.63, 3.8) is 0 Å². The zero-order valence-corrected chi connectivity index (χ0v) is 8.23. The summed E-state index contributed by atoms with van der Waals surface area (Å²) in [6, 6.07) is 1.66. The molecule has 0 aliphatic carbocycles. The molecule has 0 amide bonds. The van der Waals surface area contributed by atoms with E-state index in [1.807, 2.05) is 0 Å². The summed E-state index contributed by atoms with van der Waals surface area (Å²) in [6.45, 7) is 1.25. The zero-order valence-electron chi connectivity index (χ0n) is 6.07. The normalized spacial score (nSPS) is 41.6. The summed E-state index contributed by atoms with van der Waals surface area (Å²) in [6.07, 6.45) is 4.22. The first-order valence-electron chi connectivity index (χ1n) is 4.04. The van der Waals surface area contributed by atoms with E-state index in [4.69, 9.17) is 0 Å². The van der Waals surface area contributed by atoms with E-state index in [1.165, 1.54) is 30.2 Å². The molecule has 0 spiro atoms. The van der Waals surface area contributed by atoms with E-state index < -0.39 is 0 Å². The predicted molar refractivity (Wildman–Crippen MR) is 37.4 cm³/mol. The Labute approximate surface area is 72.8 Å². The summed E-state index contributed by atoms with van der Waals surface area (Å²) in [5.74, 6) is 0. The van der Waals surface area contributed by atoms with Crippen molar-refractivity contribution in [2.75, 3.05) is 11.0 Å². The molecular weight excluding hydrogens is 239 g/mol. The van der Waals surface area contributed by atoms with Crippen molar-refractivity contribution in [1.82, 2.24) is 8.85 Å². The Morgan fingerprint density at radius 1 is 1.20 bits per heavy atom. The predicted octanol–water partition coefficient (Wildman–Crippen LogP) is -2.90. The minimum absolute atomic E-state index is 0.379. The Hall–Kier alpha value is 0.650. The molecule has 2 aliphatic rings. The van der Waals surface area contributed by atoms with Gasteiger partial charge in [0.05, 0.1) is 0 Å². The summed E-state index contributed by atoms with van der Waals surface area (Å²) in [5.41, 5.74) is 0. The van der Waals surface area contributed by atoms with Gasteiger partial charge in [0.25, 0.3) is 0 Å². The molecule has 0 saturated carbocycles. The van der Waals surface area contributed by atoms with E-state index in [1.54, 1.807) is 0 Å². The van der Waals surface area contributed by atoms with E-state index in [-0.39, 0.29) is 0 Å². The van der Waals surface area contributed by atoms with Crippen LogP contribution in [0.5, 0.6) is 0 Å². The number of hydrogen-bond acceptors (Lipinski definition) is 2. The fraction of sp³-hybridized carbons (Fsp3) is 1.00. The fourth-order valence-electron chi connectivity index (χ4n) is 1.71. The zero-order chi connectivity index (χ0) is 6.81. The summed E-state index contributed by atoms with van der Waals surface area (Å²) in [7, 11) is 0. The Morgan fingerprint density at radius 3 is 3.10 bits per heavy atom. The van der Waals surface area contributed by atoms with Gasteiger partial charge >= 0.3 is 72.6 Å². The molecule has 2 N–H and O–H groups in total. The van der Waals surface area contributed by atoms with Crippen molar-refractivity contribution >= 4 is 0 Å². The first-order valence-corrected chi connectivity index (χ1v) is 6.64. The molecule has 0 aromatic rings. The van der Waals surface area contributed by atoms with Crippen molar-refractivity contribution in [3.8, 4) is 0 Å². The van der Waals surface area contributed by atoms with Crippen LogP contribution in [0.15, 0.2) is 0 Å². The Kier molecular flexibility index (Phi) is 2.46. The molecule has 2 saturated heterocycles. The number of halogens is 1. The topological polar surface area (TPSA) is 24.1 Å². The van der Waals surface area contributed by atoms with Crippen molar-refractivity contribution in [2.45, 2.75) is 31.3 Å². The maximum absolute atomic E-state index is 3.67. The quantitative estimate of drug-likeness (QED) is 0.275. The molecule has 0 radical (unpaired) electrons. The van der Waals surface area contributed by atoms with Crippen LogP contribution in [0.25, 0.3) is 0 Å². The molecule has 2 atom stereocenters. The van der Waals surface area contributed by atoms with E-state index in [0.717, 1.165) is 12.1 Å².